The SMILES string of the molecule is CCC(C)n1c(SCC(=O)Nc2ccccc2[N+](=O)[O-])nc2ccccc2c1=O. The zero-order valence-electron chi connectivity index (χ0n) is 16.0. The van der Waals surface area contributed by atoms with Crippen LogP contribution in [0, 0.1) is 10.1 Å². The number of hydrogen-bond acceptors (Lipinski definition) is 6. The number of fused-ring (bicyclic) bond motifs is 1. The first-order valence-corrected chi connectivity index (χ1v) is 10.1. The monoisotopic (exact) mass is 412 g/mol. The number of nitro groups is 1. The van der Waals surface area contributed by atoms with Gasteiger partial charge in [-0.1, -0.05) is 43.0 Å². The van der Waals surface area contributed by atoms with Crippen molar-refractivity contribution in [3.05, 3.63) is 69.0 Å². The average molecular weight is 412 g/mol. The largest absolute Gasteiger partial charge is 0.320 e. The molecule has 0 fully saturated rings. The maximum absolute atomic E-state index is 12.9. The normalized spacial score (nSPS) is 11.9. The highest BCUT2D eigenvalue weighted by atomic mass is 32.2. The van der Waals surface area contributed by atoms with Crippen LogP contribution in [0.25, 0.3) is 10.9 Å². The van der Waals surface area contributed by atoms with Crippen LogP contribution in [0.3, 0.4) is 0 Å². The standard InChI is InChI=1S/C20H20N4O4S/c1-3-13(2)23-19(26)14-8-4-5-9-15(14)22-20(23)29-12-18(25)21-16-10-6-7-11-17(16)24(27)28/h4-11,13H,3,12H2,1-2H3,(H,21,25). The Balaban J connectivity index is 1.86. The van der Waals surface area contributed by atoms with Gasteiger partial charge in [-0.05, 0) is 31.5 Å². The van der Waals surface area contributed by atoms with Crippen LogP contribution >= 0.6 is 11.8 Å². The molecule has 1 amide bonds. The molecule has 8 nitrogen and oxygen atoms in total. The Labute approximate surface area is 171 Å². The number of para-hydroxylation sites is 3. The molecular weight excluding hydrogens is 392 g/mol. The average Bonchev–Trinajstić information content (AvgIpc) is 2.72. The summed E-state index contributed by atoms with van der Waals surface area (Å²) < 4.78 is 1.60. The number of nitrogens with one attached hydrogen (secondary N) is 1. The van der Waals surface area contributed by atoms with Gasteiger partial charge in [0.25, 0.3) is 11.2 Å². The lowest BCUT2D eigenvalue weighted by atomic mass is 10.2. The molecule has 29 heavy (non-hydrogen) atoms. The van der Waals surface area contributed by atoms with E-state index in [0.29, 0.717) is 16.1 Å². The maximum Gasteiger partial charge on any atom is 0.292 e. The molecule has 0 aliphatic heterocycles. The van der Waals surface area contributed by atoms with Crippen molar-refractivity contribution < 1.29 is 9.72 Å². The van der Waals surface area contributed by atoms with Gasteiger partial charge < -0.3 is 5.32 Å². The third-order valence-corrected chi connectivity index (χ3v) is 5.47. The predicted molar refractivity (Wildman–Crippen MR) is 113 cm³/mol. The smallest absolute Gasteiger partial charge is 0.292 e. The number of benzene rings is 2. The summed E-state index contributed by atoms with van der Waals surface area (Å²) in [5, 5.41) is 14.6. The van der Waals surface area contributed by atoms with Crippen LogP contribution in [0.4, 0.5) is 11.4 Å². The van der Waals surface area contributed by atoms with Crippen LogP contribution in [-0.2, 0) is 4.79 Å². The molecular formula is C20H20N4O4S. The molecule has 0 saturated heterocycles. The molecule has 0 saturated carbocycles. The van der Waals surface area contributed by atoms with E-state index >= 15 is 0 Å². The number of anilines is 1. The van der Waals surface area contributed by atoms with Gasteiger partial charge in [-0.3, -0.25) is 24.3 Å². The van der Waals surface area contributed by atoms with Crippen molar-refractivity contribution in [2.75, 3.05) is 11.1 Å². The highest BCUT2D eigenvalue weighted by Crippen LogP contribution is 2.25. The number of nitro benzene ring substituents is 1. The lowest BCUT2D eigenvalue weighted by molar-refractivity contribution is -0.383. The number of carbonyl (C=O) groups excluding carboxylic acids is 1. The van der Waals surface area contributed by atoms with Crippen molar-refractivity contribution in [2.45, 2.75) is 31.5 Å². The predicted octanol–water partition coefficient (Wildman–Crippen LogP) is 4.01. The number of amides is 1. The minimum atomic E-state index is -0.547. The van der Waals surface area contributed by atoms with E-state index in [4.69, 9.17) is 0 Å². The number of aromatic nitrogens is 2. The van der Waals surface area contributed by atoms with Gasteiger partial charge in [-0.2, -0.15) is 0 Å². The van der Waals surface area contributed by atoms with Gasteiger partial charge in [0.05, 0.1) is 21.6 Å². The van der Waals surface area contributed by atoms with E-state index in [1.54, 1.807) is 34.9 Å². The molecule has 150 valence electrons. The van der Waals surface area contributed by atoms with Crippen LogP contribution in [0.15, 0.2) is 58.5 Å². The fraction of sp³-hybridized carbons (Fsp3) is 0.250. The second kappa shape index (κ2) is 8.87. The topological polar surface area (TPSA) is 107 Å². The first-order valence-electron chi connectivity index (χ1n) is 9.09. The van der Waals surface area contributed by atoms with Crippen molar-refractivity contribution in [3.63, 3.8) is 0 Å². The van der Waals surface area contributed by atoms with Crippen molar-refractivity contribution in [2.24, 2.45) is 0 Å². The zero-order valence-corrected chi connectivity index (χ0v) is 16.8. The molecule has 3 rings (SSSR count). The van der Waals surface area contributed by atoms with E-state index in [1.807, 2.05) is 13.8 Å². The summed E-state index contributed by atoms with van der Waals surface area (Å²) in [5.74, 6) is -0.449. The first-order chi connectivity index (χ1) is 13.9. The Bertz CT molecular complexity index is 1130. The van der Waals surface area contributed by atoms with Gasteiger partial charge in [0, 0.05) is 12.1 Å². The molecule has 0 radical (unpaired) electrons. The summed E-state index contributed by atoms with van der Waals surface area (Å²) in [6, 6.07) is 13.0. The Morgan fingerprint density at radius 2 is 1.93 bits per heavy atom. The van der Waals surface area contributed by atoms with Crippen LogP contribution < -0.4 is 10.9 Å². The molecule has 0 aliphatic carbocycles. The maximum atomic E-state index is 12.9. The second-order valence-electron chi connectivity index (χ2n) is 6.46. The number of nitrogens with zero attached hydrogens (tertiary/aromatic N) is 3. The zero-order chi connectivity index (χ0) is 21.0. The summed E-state index contributed by atoms with van der Waals surface area (Å²) in [5.41, 5.74) is 0.380. The fourth-order valence-electron chi connectivity index (χ4n) is 2.85. The molecule has 0 bridgehead atoms. The summed E-state index contributed by atoms with van der Waals surface area (Å²) >= 11 is 1.13. The first kappa shape index (κ1) is 20.5. The van der Waals surface area contributed by atoms with Crippen LogP contribution in [-0.4, -0.2) is 26.1 Å². The van der Waals surface area contributed by atoms with Crippen molar-refractivity contribution in [1.29, 1.82) is 0 Å². The second-order valence-corrected chi connectivity index (χ2v) is 7.40. The summed E-state index contributed by atoms with van der Waals surface area (Å²) in [7, 11) is 0. The summed E-state index contributed by atoms with van der Waals surface area (Å²) in [6.45, 7) is 3.90. The van der Waals surface area contributed by atoms with Gasteiger partial charge in [0.1, 0.15) is 5.69 Å². The van der Waals surface area contributed by atoms with Crippen molar-refractivity contribution >= 4 is 39.9 Å². The van der Waals surface area contributed by atoms with E-state index in [2.05, 4.69) is 10.3 Å². The minimum absolute atomic E-state index is 0.0345. The Hall–Kier alpha value is -3.20. The summed E-state index contributed by atoms with van der Waals surface area (Å²) in [4.78, 5) is 40.4. The van der Waals surface area contributed by atoms with E-state index in [1.165, 1.54) is 18.2 Å². The molecule has 1 aromatic heterocycles. The highest BCUT2D eigenvalue weighted by molar-refractivity contribution is 7.99. The van der Waals surface area contributed by atoms with Crippen molar-refractivity contribution in [3.8, 4) is 0 Å². The van der Waals surface area contributed by atoms with Gasteiger partial charge in [0.2, 0.25) is 5.91 Å². The van der Waals surface area contributed by atoms with Crippen LogP contribution in [0.5, 0.6) is 0 Å². The van der Waals surface area contributed by atoms with Crippen LogP contribution in [0.2, 0.25) is 0 Å². The molecule has 1 atom stereocenters. The molecule has 2 aromatic carbocycles. The third kappa shape index (κ3) is 4.45. The highest BCUT2D eigenvalue weighted by Gasteiger charge is 2.18. The van der Waals surface area contributed by atoms with Gasteiger partial charge in [-0.15, -0.1) is 0 Å². The quantitative estimate of drug-likeness (QED) is 0.272. The Morgan fingerprint density at radius 1 is 1.24 bits per heavy atom. The van der Waals surface area contributed by atoms with E-state index in [0.717, 1.165) is 18.2 Å². The van der Waals surface area contributed by atoms with Gasteiger partial charge in [0.15, 0.2) is 5.16 Å². The van der Waals surface area contributed by atoms with Gasteiger partial charge in [-0.25, -0.2) is 4.98 Å². The lowest BCUT2D eigenvalue weighted by Crippen LogP contribution is -2.26. The molecule has 0 spiro atoms. The lowest BCUT2D eigenvalue weighted by Gasteiger charge is -2.18. The van der Waals surface area contributed by atoms with E-state index in [9.17, 15) is 19.7 Å². The Morgan fingerprint density at radius 3 is 2.66 bits per heavy atom. The molecule has 1 unspecified atom stereocenters. The fourth-order valence-corrected chi connectivity index (χ4v) is 3.75. The molecule has 3 aromatic rings. The number of rotatable bonds is 7. The number of thioether (sulfide) groups is 1. The molecule has 9 heteroatoms. The Kier molecular flexibility index (Phi) is 6.28. The molecule has 1 heterocycles. The van der Waals surface area contributed by atoms with E-state index in [-0.39, 0.29) is 28.7 Å². The van der Waals surface area contributed by atoms with Gasteiger partial charge >= 0.3 is 0 Å². The minimum Gasteiger partial charge on any atom is -0.320 e. The van der Waals surface area contributed by atoms with Crippen LogP contribution in [0.1, 0.15) is 26.3 Å². The van der Waals surface area contributed by atoms with Crippen molar-refractivity contribution in [1.82, 2.24) is 9.55 Å². The molecule has 0 aliphatic rings. The third-order valence-electron chi connectivity index (χ3n) is 4.51. The molecule has 1 N–H and O–H groups in total. The summed E-state index contributed by atoms with van der Waals surface area (Å²) in [6.07, 6.45) is 0.732. The van der Waals surface area contributed by atoms with E-state index < -0.39 is 10.8 Å². The number of carbonyl (C=O) groups is 1. The number of hydrogen-bond donors (Lipinski definition) is 1.